The van der Waals surface area contributed by atoms with Crippen molar-refractivity contribution < 1.29 is 9.59 Å². The summed E-state index contributed by atoms with van der Waals surface area (Å²) in [6.45, 7) is 6.01. The number of hydrogen-bond acceptors (Lipinski definition) is 3. The maximum atomic E-state index is 13.4. The number of carbonyl (C=O) groups excluding carboxylic acids is 2. The molecule has 1 N–H and O–H groups in total. The molecule has 1 aliphatic rings. The minimum atomic E-state index is -0.429. The fraction of sp³-hybridized carbons (Fsp3) is 0.120. The molecule has 0 radical (unpaired) electrons. The van der Waals surface area contributed by atoms with E-state index in [9.17, 15) is 9.59 Å². The summed E-state index contributed by atoms with van der Waals surface area (Å²) in [5, 5.41) is 3.54. The molecule has 5 heteroatoms. The van der Waals surface area contributed by atoms with Gasteiger partial charge >= 0.3 is 0 Å². The number of para-hydroxylation sites is 1. The topological polar surface area (TPSA) is 49.4 Å². The van der Waals surface area contributed by atoms with Gasteiger partial charge in [0.2, 0.25) is 0 Å². The normalized spacial score (nSPS) is 13.9. The van der Waals surface area contributed by atoms with Gasteiger partial charge in [-0.1, -0.05) is 59.6 Å². The van der Waals surface area contributed by atoms with Gasteiger partial charge in [-0.2, -0.15) is 0 Å². The van der Waals surface area contributed by atoms with Crippen molar-refractivity contribution in [2.75, 3.05) is 10.2 Å². The highest BCUT2D eigenvalue weighted by molar-refractivity contribution is 6.48. The largest absolute Gasteiger partial charge is 0.350 e. The van der Waals surface area contributed by atoms with Gasteiger partial charge in [0.15, 0.2) is 0 Å². The Morgan fingerprint density at radius 1 is 0.800 bits per heavy atom. The van der Waals surface area contributed by atoms with Gasteiger partial charge in [0.05, 0.1) is 16.3 Å². The Labute approximate surface area is 180 Å². The maximum Gasteiger partial charge on any atom is 0.282 e. The van der Waals surface area contributed by atoms with Crippen molar-refractivity contribution in [3.05, 3.63) is 99.7 Å². The van der Waals surface area contributed by atoms with E-state index in [0.717, 1.165) is 27.3 Å². The first-order valence-corrected chi connectivity index (χ1v) is 10.0. The second-order valence-corrected chi connectivity index (χ2v) is 7.84. The number of anilines is 2. The van der Waals surface area contributed by atoms with Gasteiger partial charge in [-0.05, 0) is 61.7 Å². The van der Waals surface area contributed by atoms with Gasteiger partial charge in [0.1, 0.15) is 5.70 Å². The van der Waals surface area contributed by atoms with Crippen molar-refractivity contribution >= 4 is 40.4 Å². The summed E-state index contributed by atoms with van der Waals surface area (Å²) in [5.41, 5.74) is 5.69. The average molecular weight is 417 g/mol. The average Bonchev–Trinajstić information content (AvgIpc) is 2.96. The number of halogens is 1. The monoisotopic (exact) mass is 416 g/mol. The summed E-state index contributed by atoms with van der Waals surface area (Å²) in [7, 11) is 0. The summed E-state index contributed by atoms with van der Waals surface area (Å²) in [5.74, 6) is -0.829. The highest BCUT2D eigenvalue weighted by Crippen LogP contribution is 2.36. The Morgan fingerprint density at radius 2 is 1.50 bits per heavy atom. The highest BCUT2D eigenvalue weighted by Gasteiger charge is 2.41. The predicted octanol–water partition coefficient (Wildman–Crippen LogP) is 5.66. The smallest absolute Gasteiger partial charge is 0.282 e. The molecule has 0 spiro atoms. The van der Waals surface area contributed by atoms with Crippen molar-refractivity contribution in [1.29, 1.82) is 0 Å². The third kappa shape index (κ3) is 3.51. The number of nitrogens with zero attached hydrogens (tertiary/aromatic N) is 1. The summed E-state index contributed by atoms with van der Waals surface area (Å²) < 4.78 is 0. The van der Waals surface area contributed by atoms with Gasteiger partial charge in [-0.25, -0.2) is 4.90 Å². The van der Waals surface area contributed by atoms with Crippen molar-refractivity contribution in [1.82, 2.24) is 0 Å². The van der Waals surface area contributed by atoms with Crippen LogP contribution in [0.25, 0.3) is 5.57 Å². The van der Waals surface area contributed by atoms with E-state index < -0.39 is 11.8 Å². The van der Waals surface area contributed by atoms with Crippen LogP contribution < -0.4 is 10.2 Å². The molecular formula is C25H21ClN2O2. The Balaban J connectivity index is 1.84. The summed E-state index contributed by atoms with van der Waals surface area (Å²) in [4.78, 5) is 28.0. The first-order chi connectivity index (χ1) is 14.4. The number of carbonyl (C=O) groups is 2. The molecule has 4 rings (SSSR count). The van der Waals surface area contributed by atoms with E-state index in [4.69, 9.17) is 11.6 Å². The van der Waals surface area contributed by atoms with Crippen LogP contribution in [0.15, 0.2) is 72.4 Å². The zero-order valence-corrected chi connectivity index (χ0v) is 17.7. The van der Waals surface area contributed by atoms with Crippen molar-refractivity contribution in [2.24, 2.45) is 0 Å². The Morgan fingerprint density at radius 3 is 2.17 bits per heavy atom. The van der Waals surface area contributed by atoms with Gasteiger partial charge in [0, 0.05) is 5.69 Å². The number of imide groups is 1. The molecule has 0 aliphatic carbocycles. The zero-order chi connectivity index (χ0) is 21.4. The lowest BCUT2D eigenvalue weighted by molar-refractivity contribution is -0.120. The molecule has 0 fully saturated rings. The van der Waals surface area contributed by atoms with Gasteiger partial charge < -0.3 is 5.32 Å². The van der Waals surface area contributed by atoms with E-state index in [1.807, 2.05) is 63.2 Å². The lowest BCUT2D eigenvalue weighted by atomic mass is 10.0. The van der Waals surface area contributed by atoms with Gasteiger partial charge in [-0.15, -0.1) is 0 Å². The number of benzene rings is 3. The minimum Gasteiger partial charge on any atom is -0.350 e. The Bertz CT molecular complexity index is 1200. The molecule has 0 saturated heterocycles. The summed E-state index contributed by atoms with van der Waals surface area (Å²) in [6, 6.07) is 20.3. The third-order valence-corrected chi connectivity index (χ3v) is 5.61. The highest BCUT2D eigenvalue weighted by atomic mass is 35.5. The molecule has 30 heavy (non-hydrogen) atoms. The zero-order valence-electron chi connectivity index (χ0n) is 17.0. The number of nitrogens with one attached hydrogen (secondary N) is 1. The molecule has 1 heterocycles. The molecule has 0 unspecified atom stereocenters. The van der Waals surface area contributed by atoms with Crippen molar-refractivity contribution in [3.63, 3.8) is 0 Å². The minimum absolute atomic E-state index is 0.243. The van der Waals surface area contributed by atoms with Crippen LogP contribution in [0.1, 0.15) is 22.3 Å². The lowest BCUT2D eigenvalue weighted by Gasteiger charge is -2.17. The van der Waals surface area contributed by atoms with Crippen LogP contribution in [0.3, 0.4) is 0 Å². The van der Waals surface area contributed by atoms with Crippen LogP contribution in [0.4, 0.5) is 11.4 Å². The maximum absolute atomic E-state index is 13.4. The van der Waals surface area contributed by atoms with E-state index in [1.54, 1.807) is 24.3 Å². The van der Waals surface area contributed by atoms with Crippen molar-refractivity contribution in [3.8, 4) is 0 Å². The Hall–Kier alpha value is -3.37. The van der Waals surface area contributed by atoms with Crippen LogP contribution in [0, 0.1) is 20.8 Å². The SMILES string of the molecule is Cc1ccc(C2=C(Nc3ccc(C)c(C)c3)C(=O)N(c3ccccc3Cl)C2=O)cc1. The van der Waals surface area contributed by atoms with E-state index in [1.165, 1.54) is 0 Å². The third-order valence-electron chi connectivity index (χ3n) is 5.29. The van der Waals surface area contributed by atoms with Gasteiger partial charge in [0.25, 0.3) is 11.8 Å². The fourth-order valence-electron chi connectivity index (χ4n) is 3.45. The number of hydrogen-bond donors (Lipinski definition) is 1. The molecule has 1 aliphatic heterocycles. The molecule has 0 aromatic heterocycles. The van der Waals surface area contributed by atoms with Gasteiger partial charge in [-0.3, -0.25) is 9.59 Å². The standard InChI is InChI=1S/C25H21ClN2O2/c1-15-8-11-18(12-9-15)22-23(27-19-13-10-16(2)17(3)14-19)25(30)28(24(22)29)21-7-5-4-6-20(21)26/h4-14,27H,1-3H3. The molecule has 0 bridgehead atoms. The van der Waals surface area contributed by atoms with Crippen LogP contribution >= 0.6 is 11.6 Å². The first kappa shape index (κ1) is 19.9. The summed E-state index contributed by atoms with van der Waals surface area (Å²) >= 11 is 6.31. The molecule has 0 saturated carbocycles. The first-order valence-electron chi connectivity index (χ1n) is 9.65. The summed E-state index contributed by atoms with van der Waals surface area (Å²) in [6.07, 6.45) is 0. The lowest BCUT2D eigenvalue weighted by Crippen LogP contribution is -2.32. The molecule has 0 atom stereocenters. The molecular weight excluding hydrogens is 396 g/mol. The van der Waals surface area contributed by atoms with Crippen LogP contribution in [0.2, 0.25) is 5.02 Å². The number of rotatable bonds is 4. The molecule has 3 aromatic rings. The van der Waals surface area contributed by atoms with Crippen LogP contribution in [-0.2, 0) is 9.59 Å². The van der Waals surface area contributed by atoms with E-state index in [0.29, 0.717) is 21.8 Å². The van der Waals surface area contributed by atoms with Crippen molar-refractivity contribution in [2.45, 2.75) is 20.8 Å². The Kier molecular flexibility index (Phi) is 5.18. The molecule has 4 nitrogen and oxygen atoms in total. The number of aryl methyl sites for hydroxylation is 3. The fourth-order valence-corrected chi connectivity index (χ4v) is 3.67. The second kappa shape index (κ2) is 7.81. The molecule has 150 valence electrons. The van der Waals surface area contributed by atoms with E-state index >= 15 is 0 Å². The predicted molar refractivity (Wildman–Crippen MR) is 122 cm³/mol. The quantitative estimate of drug-likeness (QED) is 0.558. The molecule has 2 amide bonds. The second-order valence-electron chi connectivity index (χ2n) is 7.44. The van der Waals surface area contributed by atoms with Crippen LogP contribution in [-0.4, -0.2) is 11.8 Å². The van der Waals surface area contributed by atoms with E-state index in [-0.39, 0.29) is 5.70 Å². The van der Waals surface area contributed by atoms with Crippen LogP contribution in [0.5, 0.6) is 0 Å². The number of amides is 2. The van der Waals surface area contributed by atoms with E-state index in [2.05, 4.69) is 5.32 Å². The molecule has 3 aromatic carbocycles.